The maximum atomic E-state index is 13.1. The number of esters is 1. The topological polar surface area (TPSA) is 87.0 Å². The summed E-state index contributed by atoms with van der Waals surface area (Å²) in [6, 6.07) is 23.6. The minimum atomic E-state index is -0.461. The Balaban J connectivity index is 1.52. The Morgan fingerprint density at radius 2 is 1.64 bits per heavy atom. The van der Waals surface area contributed by atoms with E-state index in [2.05, 4.69) is 5.32 Å². The zero-order valence-electron chi connectivity index (χ0n) is 18.1. The third kappa shape index (κ3) is 5.51. The lowest BCUT2D eigenvalue weighted by atomic mass is 10.1. The molecule has 3 aromatic carbocycles. The van der Waals surface area contributed by atoms with Crippen LogP contribution >= 0.6 is 0 Å². The summed E-state index contributed by atoms with van der Waals surface area (Å²) in [6.45, 7) is 1.97. The highest BCUT2D eigenvalue weighted by molar-refractivity contribution is 6.06. The van der Waals surface area contributed by atoms with E-state index in [-0.39, 0.29) is 25.6 Å². The third-order valence-corrected chi connectivity index (χ3v) is 4.78. The van der Waals surface area contributed by atoms with Gasteiger partial charge in [-0.3, -0.25) is 4.79 Å². The number of ether oxygens (including phenoxy) is 3. The van der Waals surface area contributed by atoms with E-state index in [1.54, 1.807) is 31.2 Å². The summed E-state index contributed by atoms with van der Waals surface area (Å²) in [4.78, 5) is 24.6. The van der Waals surface area contributed by atoms with Crippen LogP contribution in [-0.2, 0) is 16.1 Å². The standard InChI is InChI=1S/C26H23NO6/c1-2-30-24(28)17-32-20-12-8-9-18(15-20)27-26(29)25-22(16-31-19-10-4-3-5-11-19)21-13-6-7-14-23(21)33-25/h3-15H,2,16-17H2,1H3,(H,27,29). The van der Waals surface area contributed by atoms with Crippen molar-refractivity contribution in [2.45, 2.75) is 13.5 Å². The Kier molecular flexibility index (Phi) is 6.90. The van der Waals surface area contributed by atoms with E-state index in [4.69, 9.17) is 18.6 Å². The quantitative estimate of drug-likeness (QED) is 0.356. The van der Waals surface area contributed by atoms with Gasteiger partial charge in [-0.05, 0) is 37.3 Å². The summed E-state index contributed by atoms with van der Waals surface area (Å²) >= 11 is 0. The van der Waals surface area contributed by atoms with Crippen molar-refractivity contribution in [3.63, 3.8) is 0 Å². The molecule has 1 amide bonds. The van der Waals surface area contributed by atoms with Crippen LogP contribution in [0, 0.1) is 0 Å². The van der Waals surface area contributed by atoms with Crippen molar-refractivity contribution in [3.8, 4) is 11.5 Å². The number of carbonyl (C=O) groups is 2. The van der Waals surface area contributed by atoms with Gasteiger partial charge in [0, 0.05) is 22.7 Å². The number of anilines is 1. The van der Waals surface area contributed by atoms with Crippen molar-refractivity contribution < 1.29 is 28.2 Å². The number of benzene rings is 3. The van der Waals surface area contributed by atoms with Crippen molar-refractivity contribution >= 4 is 28.5 Å². The minimum absolute atomic E-state index is 0.171. The molecule has 0 atom stereocenters. The summed E-state index contributed by atoms with van der Waals surface area (Å²) in [7, 11) is 0. The first-order valence-electron chi connectivity index (χ1n) is 10.5. The van der Waals surface area contributed by atoms with Gasteiger partial charge in [-0.2, -0.15) is 0 Å². The average molecular weight is 445 g/mol. The minimum Gasteiger partial charge on any atom is -0.489 e. The molecule has 4 rings (SSSR count). The van der Waals surface area contributed by atoms with Crippen LogP contribution in [0.2, 0.25) is 0 Å². The van der Waals surface area contributed by atoms with Crippen LogP contribution in [0.15, 0.2) is 83.3 Å². The normalized spacial score (nSPS) is 10.6. The lowest BCUT2D eigenvalue weighted by Crippen LogP contribution is -2.15. The molecular formula is C26H23NO6. The second-order valence-corrected chi connectivity index (χ2v) is 7.08. The monoisotopic (exact) mass is 445 g/mol. The van der Waals surface area contributed by atoms with Gasteiger partial charge in [0.2, 0.25) is 0 Å². The summed E-state index contributed by atoms with van der Waals surface area (Å²) in [5, 5.41) is 3.64. The smallest absolute Gasteiger partial charge is 0.344 e. The summed E-state index contributed by atoms with van der Waals surface area (Å²) in [5.74, 6) is 0.418. The molecule has 4 aromatic rings. The molecule has 0 aliphatic rings. The van der Waals surface area contributed by atoms with E-state index in [0.717, 1.165) is 5.39 Å². The van der Waals surface area contributed by atoms with Crippen molar-refractivity contribution in [2.75, 3.05) is 18.5 Å². The predicted molar refractivity (Wildman–Crippen MR) is 124 cm³/mol. The number of fused-ring (bicyclic) bond motifs is 1. The molecule has 1 heterocycles. The molecule has 0 aliphatic carbocycles. The van der Waals surface area contributed by atoms with Gasteiger partial charge in [0.05, 0.1) is 6.61 Å². The maximum absolute atomic E-state index is 13.1. The zero-order valence-corrected chi connectivity index (χ0v) is 18.1. The molecule has 0 saturated carbocycles. The van der Waals surface area contributed by atoms with E-state index in [1.165, 1.54) is 0 Å². The van der Waals surface area contributed by atoms with Gasteiger partial charge < -0.3 is 23.9 Å². The Morgan fingerprint density at radius 1 is 0.879 bits per heavy atom. The molecule has 33 heavy (non-hydrogen) atoms. The van der Waals surface area contributed by atoms with Crippen LogP contribution in [-0.4, -0.2) is 25.1 Å². The van der Waals surface area contributed by atoms with Gasteiger partial charge >= 0.3 is 5.97 Å². The molecule has 168 valence electrons. The lowest BCUT2D eigenvalue weighted by molar-refractivity contribution is -0.145. The second-order valence-electron chi connectivity index (χ2n) is 7.08. The van der Waals surface area contributed by atoms with E-state index >= 15 is 0 Å². The van der Waals surface area contributed by atoms with Gasteiger partial charge in [-0.25, -0.2) is 4.79 Å². The number of amides is 1. The SMILES string of the molecule is CCOC(=O)COc1cccc(NC(=O)c2oc3ccccc3c2COc2ccccc2)c1. The van der Waals surface area contributed by atoms with Crippen LogP contribution in [0.3, 0.4) is 0 Å². The number of para-hydroxylation sites is 2. The number of hydrogen-bond acceptors (Lipinski definition) is 6. The molecule has 0 aliphatic heterocycles. The van der Waals surface area contributed by atoms with E-state index in [9.17, 15) is 9.59 Å². The van der Waals surface area contributed by atoms with Crippen molar-refractivity contribution in [3.05, 3.63) is 90.2 Å². The number of carbonyl (C=O) groups excluding carboxylic acids is 2. The first kappa shape index (κ1) is 22.0. The molecular weight excluding hydrogens is 422 g/mol. The molecule has 0 bridgehead atoms. The number of rotatable bonds is 9. The van der Waals surface area contributed by atoms with Gasteiger partial charge in [-0.1, -0.05) is 42.5 Å². The number of hydrogen-bond donors (Lipinski definition) is 1. The van der Waals surface area contributed by atoms with Crippen LogP contribution < -0.4 is 14.8 Å². The molecule has 0 unspecified atom stereocenters. The maximum Gasteiger partial charge on any atom is 0.344 e. The lowest BCUT2D eigenvalue weighted by Gasteiger charge is -2.09. The molecule has 1 N–H and O–H groups in total. The third-order valence-electron chi connectivity index (χ3n) is 4.78. The van der Waals surface area contributed by atoms with Crippen LogP contribution in [0.4, 0.5) is 5.69 Å². The molecule has 7 nitrogen and oxygen atoms in total. The van der Waals surface area contributed by atoms with E-state index in [1.807, 2.05) is 54.6 Å². The Bertz CT molecular complexity index is 1250. The largest absolute Gasteiger partial charge is 0.489 e. The highest BCUT2D eigenvalue weighted by atomic mass is 16.6. The fraction of sp³-hybridized carbons (Fsp3) is 0.154. The zero-order chi connectivity index (χ0) is 23.0. The predicted octanol–water partition coefficient (Wildman–Crippen LogP) is 5.21. The van der Waals surface area contributed by atoms with Gasteiger partial charge in [0.1, 0.15) is 23.7 Å². The molecule has 0 saturated heterocycles. The number of nitrogens with one attached hydrogen (secondary N) is 1. The number of furan rings is 1. The molecule has 0 spiro atoms. The first-order valence-corrected chi connectivity index (χ1v) is 10.5. The first-order chi connectivity index (χ1) is 16.1. The van der Waals surface area contributed by atoms with Crippen molar-refractivity contribution in [2.24, 2.45) is 0 Å². The fourth-order valence-corrected chi connectivity index (χ4v) is 3.29. The molecule has 1 aromatic heterocycles. The Morgan fingerprint density at radius 3 is 2.45 bits per heavy atom. The van der Waals surface area contributed by atoms with E-state index in [0.29, 0.717) is 28.3 Å². The summed E-state index contributed by atoms with van der Waals surface area (Å²) in [6.07, 6.45) is 0. The fourth-order valence-electron chi connectivity index (χ4n) is 3.29. The van der Waals surface area contributed by atoms with Crippen LogP contribution in [0.25, 0.3) is 11.0 Å². The van der Waals surface area contributed by atoms with Crippen molar-refractivity contribution in [1.82, 2.24) is 0 Å². The van der Waals surface area contributed by atoms with E-state index < -0.39 is 11.9 Å². The molecule has 0 radical (unpaired) electrons. The van der Waals surface area contributed by atoms with Gasteiger partial charge in [-0.15, -0.1) is 0 Å². The molecule has 0 fully saturated rings. The van der Waals surface area contributed by atoms with Crippen LogP contribution in [0.5, 0.6) is 11.5 Å². The molecule has 7 heteroatoms. The summed E-state index contributed by atoms with van der Waals surface area (Å²) in [5.41, 5.74) is 1.75. The second kappa shape index (κ2) is 10.4. The Hall–Kier alpha value is -4.26. The van der Waals surface area contributed by atoms with Crippen molar-refractivity contribution in [1.29, 1.82) is 0 Å². The highest BCUT2D eigenvalue weighted by Crippen LogP contribution is 2.28. The van der Waals surface area contributed by atoms with Crippen LogP contribution in [0.1, 0.15) is 23.0 Å². The Labute approximate surface area is 190 Å². The van der Waals surface area contributed by atoms with Gasteiger partial charge in [0.25, 0.3) is 5.91 Å². The summed E-state index contributed by atoms with van der Waals surface area (Å²) < 4.78 is 22.1. The average Bonchev–Trinajstić information content (AvgIpc) is 3.21. The highest BCUT2D eigenvalue weighted by Gasteiger charge is 2.21. The van der Waals surface area contributed by atoms with Gasteiger partial charge in [0.15, 0.2) is 12.4 Å².